The van der Waals surface area contributed by atoms with Gasteiger partial charge in [-0.25, -0.2) is 0 Å². The fraction of sp³-hybridized carbons (Fsp3) is 0.250. The van der Waals surface area contributed by atoms with Crippen molar-refractivity contribution in [3.05, 3.63) is 173 Å². The Bertz CT molecular complexity index is 1550. The van der Waals surface area contributed by atoms with Crippen molar-refractivity contribution in [1.29, 1.82) is 0 Å². The molecule has 45 heavy (non-hydrogen) atoms. The van der Waals surface area contributed by atoms with Gasteiger partial charge in [0.2, 0.25) is 0 Å². The summed E-state index contributed by atoms with van der Waals surface area (Å²) in [5, 5.41) is -0.0787. The molecule has 1 saturated heterocycles. The van der Waals surface area contributed by atoms with Crippen molar-refractivity contribution in [1.82, 2.24) is 0 Å². The fourth-order valence-corrected chi connectivity index (χ4v) is 6.97. The van der Waals surface area contributed by atoms with Crippen LogP contribution in [0.5, 0.6) is 0 Å². The van der Waals surface area contributed by atoms with Crippen LogP contribution in [0.2, 0.25) is 0 Å². The van der Waals surface area contributed by atoms with Crippen LogP contribution in [0, 0.1) is 6.92 Å². The van der Waals surface area contributed by atoms with Crippen molar-refractivity contribution in [3.8, 4) is 0 Å². The Morgan fingerprint density at radius 1 is 0.556 bits per heavy atom. The van der Waals surface area contributed by atoms with Crippen LogP contribution in [-0.2, 0) is 38.8 Å². The highest BCUT2D eigenvalue weighted by atomic mass is 32.2. The van der Waals surface area contributed by atoms with Crippen molar-refractivity contribution in [2.75, 3.05) is 6.61 Å². The zero-order valence-corrected chi connectivity index (χ0v) is 26.4. The molecule has 0 aliphatic carbocycles. The highest BCUT2D eigenvalue weighted by Crippen LogP contribution is 2.44. The van der Waals surface area contributed by atoms with Gasteiger partial charge in [0.05, 0.1) is 37.8 Å². The second-order valence-electron chi connectivity index (χ2n) is 11.4. The Hall–Kier alpha value is -3.71. The summed E-state index contributed by atoms with van der Waals surface area (Å²) in [5.74, 6) is 0. The van der Waals surface area contributed by atoms with E-state index in [-0.39, 0.29) is 29.7 Å². The molecule has 0 aromatic heterocycles. The van der Waals surface area contributed by atoms with Crippen molar-refractivity contribution in [2.45, 2.75) is 61.3 Å². The molecule has 5 aromatic rings. The Labute approximate surface area is 271 Å². The number of hydrogen-bond acceptors (Lipinski definition) is 5. The molecule has 0 spiro atoms. The van der Waals surface area contributed by atoms with E-state index in [2.05, 4.69) is 104 Å². The van der Waals surface area contributed by atoms with E-state index in [0.29, 0.717) is 26.4 Å². The average molecular weight is 617 g/mol. The Kier molecular flexibility index (Phi) is 11.1. The number of thioether (sulfide) groups is 1. The van der Waals surface area contributed by atoms with Gasteiger partial charge in [0.1, 0.15) is 18.3 Å². The van der Waals surface area contributed by atoms with Gasteiger partial charge in [-0.15, -0.1) is 11.8 Å². The Balaban J connectivity index is 1.35. The summed E-state index contributed by atoms with van der Waals surface area (Å²) in [4.78, 5) is 1.17. The summed E-state index contributed by atoms with van der Waals surface area (Å²) in [6.45, 7) is 3.92. The molecule has 1 fully saturated rings. The van der Waals surface area contributed by atoms with E-state index < -0.39 is 0 Å². The maximum atomic E-state index is 7.05. The molecule has 0 bridgehead atoms. The number of rotatable bonds is 13. The van der Waals surface area contributed by atoms with E-state index in [0.717, 1.165) is 22.3 Å². The first kappa shape index (κ1) is 31.3. The molecular formula is C40H40O4S. The van der Waals surface area contributed by atoms with Gasteiger partial charge in [-0.3, -0.25) is 0 Å². The van der Waals surface area contributed by atoms with Crippen LogP contribution in [0.25, 0.3) is 0 Å². The SMILES string of the molecule is Cc1ccc(S[C@@H]2[C@@H](OCc3ccccc3)[C@H](OCc3ccccc3)[C@@H](COCc3ccccc3)O[C@H]2c2ccccc2)cc1. The van der Waals surface area contributed by atoms with Gasteiger partial charge in [-0.05, 0) is 41.3 Å². The van der Waals surface area contributed by atoms with Crippen molar-refractivity contribution >= 4 is 11.8 Å². The van der Waals surface area contributed by atoms with Gasteiger partial charge in [0, 0.05) is 4.90 Å². The zero-order chi connectivity index (χ0) is 30.7. The molecule has 0 amide bonds. The molecule has 0 N–H and O–H groups in total. The number of ether oxygens (including phenoxy) is 4. The minimum absolute atomic E-state index is 0.0787. The van der Waals surface area contributed by atoms with Crippen LogP contribution < -0.4 is 0 Å². The van der Waals surface area contributed by atoms with Gasteiger partial charge in [0.15, 0.2) is 0 Å². The Morgan fingerprint density at radius 3 is 1.60 bits per heavy atom. The van der Waals surface area contributed by atoms with Gasteiger partial charge < -0.3 is 18.9 Å². The lowest BCUT2D eigenvalue weighted by Gasteiger charge is -2.46. The first-order valence-electron chi connectivity index (χ1n) is 15.6. The summed E-state index contributed by atoms with van der Waals surface area (Å²) in [7, 11) is 0. The molecule has 0 saturated carbocycles. The minimum atomic E-state index is -0.368. The molecule has 4 nitrogen and oxygen atoms in total. The highest BCUT2D eigenvalue weighted by molar-refractivity contribution is 8.00. The number of hydrogen-bond donors (Lipinski definition) is 0. The molecular weight excluding hydrogens is 577 g/mol. The summed E-state index contributed by atoms with van der Waals surface area (Å²) in [6, 6.07) is 50.1. The molecule has 0 unspecified atom stereocenters. The molecule has 5 atom stereocenters. The Morgan fingerprint density at radius 2 is 1.04 bits per heavy atom. The summed E-state index contributed by atoms with van der Waals surface area (Å²) in [6.07, 6.45) is -1.24. The van der Waals surface area contributed by atoms with E-state index >= 15 is 0 Å². The lowest BCUT2D eigenvalue weighted by atomic mass is 9.92. The standard InChI is InChI=1S/C40H40O4S/c1-30-22-24-35(25-23-30)45-40-37(34-20-12-5-13-21-34)44-36(29-41-26-31-14-6-2-7-15-31)38(42-27-32-16-8-3-9-17-32)39(40)43-28-33-18-10-4-11-19-33/h2-25,36-40H,26-29H2,1H3/t36-,37+,38-,39+,40+/m1/s1. The second kappa shape index (κ2) is 16.0. The molecule has 6 rings (SSSR count). The van der Waals surface area contributed by atoms with Crippen LogP contribution >= 0.6 is 11.8 Å². The third-order valence-corrected chi connectivity index (χ3v) is 9.35. The highest BCUT2D eigenvalue weighted by Gasteiger charge is 2.48. The smallest absolute Gasteiger partial charge is 0.114 e. The molecule has 230 valence electrons. The van der Waals surface area contributed by atoms with Crippen molar-refractivity contribution in [3.63, 3.8) is 0 Å². The van der Waals surface area contributed by atoms with Crippen LogP contribution in [0.1, 0.15) is 33.9 Å². The fourth-order valence-electron chi connectivity index (χ4n) is 5.65. The predicted molar refractivity (Wildman–Crippen MR) is 181 cm³/mol. The monoisotopic (exact) mass is 616 g/mol. The van der Waals surface area contributed by atoms with E-state index in [1.165, 1.54) is 10.5 Å². The third-order valence-electron chi connectivity index (χ3n) is 8.02. The normalized spacial score (nSPS) is 21.4. The molecule has 1 heterocycles. The first-order valence-corrected chi connectivity index (χ1v) is 16.5. The molecule has 0 radical (unpaired) electrons. The van der Waals surface area contributed by atoms with Gasteiger partial charge in [-0.2, -0.15) is 0 Å². The van der Waals surface area contributed by atoms with Crippen LogP contribution in [0.15, 0.2) is 150 Å². The summed E-state index contributed by atoms with van der Waals surface area (Å²) >= 11 is 1.80. The van der Waals surface area contributed by atoms with E-state index in [1.54, 1.807) is 11.8 Å². The topological polar surface area (TPSA) is 36.9 Å². The minimum Gasteiger partial charge on any atom is -0.374 e. The van der Waals surface area contributed by atoms with Gasteiger partial charge in [0.25, 0.3) is 0 Å². The van der Waals surface area contributed by atoms with Gasteiger partial charge in [-0.1, -0.05) is 139 Å². The van der Waals surface area contributed by atoms with Crippen LogP contribution in [-0.4, -0.2) is 30.2 Å². The summed E-state index contributed by atoms with van der Waals surface area (Å²) < 4.78 is 27.1. The third kappa shape index (κ3) is 8.72. The molecule has 5 heteroatoms. The van der Waals surface area contributed by atoms with E-state index in [4.69, 9.17) is 18.9 Å². The quantitative estimate of drug-likeness (QED) is 0.132. The van der Waals surface area contributed by atoms with Gasteiger partial charge >= 0.3 is 0 Å². The predicted octanol–water partition coefficient (Wildman–Crippen LogP) is 8.98. The lowest BCUT2D eigenvalue weighted by molar-refractivity contribution is -0.218. The van der Waals surface area contributed by atoms with E-state index in [9.17, 15) is 0 Å². The van der Waals surface area contributed by atoms with E-state index in [1.807, 2.05) is 48.5 Å². The second-order valence-corrected chi connectivity index (χ2v) is 12.7. The average Bonchev–Trinajstić information content (AvgIpc) is 3.10. The first-order chi connectivity index (χ1) is 22.2. The maximum absolute atomic E-state index is 7.05. The van der Waals surface area contributed by atoms with Crippen LogP contribution in [0.3, 0.4) is 0 Å². The largest absolute Gasteiger partial charge is 0.374 e. The molecule has 5 aromatic carbocycles. The number of benzene rings is 5. The van der Waals surface area contributed by atoms with Crippen molar-refractivity contribution < 1.29 is 18.9 Å². The van der Waals surface area contributed by atoms with Crippen LogP contribution in [0.4, 0.5) is 0 Å². The van der Waals surface area contributed by atoms with Crippen molar-refractivity contribution in [2.24, 2.45) is 0 Å². The maximum Gasteiger partial charge on any atom is 0.114 e. The zero-order valence-electron chi connectivity index (χ0n) is 25.6. The lowest BCUT2D eigenvalue weighted by Crippen LogP contribution is -2.56. The summed E-state index contributed by atoms with van der Waals surface area (Å²) in [5.41, 5.74) is 5.70. The molecule has 1 aliphatic heterocycles. The number of aryl methyl sites for hydroxylation is 1. The molecule has 1 aliphatic rings.